The van der Waals surface area contributed by atoms with Crippen molar-refractivity contribution in [2.24, 2.45) is 28.3 Å². The Balaban J connectivity index is 1.24. The Morgan fingerprint density at radius 3 is 2.32 bits per heavy atom. The van der Waals surface area contributed by atoms with Gasteiger partial charge in [0.05, 0.1) is 13.2 Å². The average molecular weight is 365 g/mol. The summed E-state index contributed by atoms with van der Waals surface area (Å²) in [6, 6.07) is 0. The predicted octanol–water partition coefficient (Wildman–Crippen LogP) is 2.38. The fourth-order valence-electron chi connectivity index (χ4n) is 6.00. The highest BCUT2D eigenvalue weighted by Gasteiger charge is 2.52. The first-order valence-corrected chi connectivity index (χ1v) is 10.4. The molecule has 140 valence electrons. The van der Waals surface area contributed by atoms with Gasteiger partial charge in [0, 0.05) is 37.3 Å². The van der Waals surface area contributed by atoms with Crippen LogP contribution >= 0.6 is 12.2 Å². The van der Waals surface area contributed by atoms with Gasteiger partial charge in [0.25, 0.3) is 0 Å². The molecule has 5 fully saturated rings. The monoisotopic (exact) mass is 364 g/mol. The molecule has 4 aliphatic carbocycles. The Morgan fingerprint density at radius 1 is 1.12 bits per heavy atom. The summed E-state index contributed by atoms with van der Waals surface area (Å²) in [6.07, 6.45) is 8.48. The van der Waals surface area contributed by atoms with Crippen LogP contribution in [-0.2, 0) is 4.74 Å². The van der Waals surface area contributed by atoms with E-state index in [9.17, 15) is 0 Å². The minimum atomic E-state index is 0.366. The molecule has 4 bridgehead atoms. The Morgan fingerprint density at radius 2 is 1.72 bits per heavy atom. The maximum absolute atomic E-state index is 5.41. The van der Waals surface area contributed by atoms with E-state index in [0.29, 0.717) is 10.5 Å². The van der Waals surface area contributed by atoms with Gasteiger partial charge in [0.1, 0.15) is 0 Å². The second-order valence-corrected chi connectivity index (χ2v) is 9.13. The summed E-state index contributed by atoms with van der Waals surface area (Å²) in [5.41, 5.74) is 4.76. The first kappa shape index (κ1) is 17.7. The van der Waals surface area contributed by atoms with Gasteiger partial charge in [-0.25, -0.2) is 0 Å². The van der Waals surface area contributed by atoms with Crippen molar-refractivity contribution in [3.8, 4) is 0 Å². The van der Waals surface area contributed by atoms with Gasteiger partial charge >= 0.3 is 0 Å². The van der Waals surface area contributed by atoms with Crippen LogP contribution in [0.2, 0.25) is 0 Å². The van der Waals surface area contributed by atoms with E-state index in [1.807, 2.05) is 0 Å². The predicted molar refractivity (Wildman–Crippen MR) is 105 cm³/mol. The van der Waals surface area contributed by atoms with E-state index in [-0.39, 0.29) is 0 Å². The van der Waals surface area contributed by atoms with Crippen LogP contribution in [0.4, 0.5) is 0 Å². The van der Waals surface area contributed by atoms with Gasteiger partial charge in [-0.05, 0) is 75.4 Å². The van der Waals surface area contributed by atoms with Gasteiger partial charge in [-0.15, -0.1) is 0 Å². The molecule has 1 aliphatic heterocycles. The van der Waals surface area contributed by atoms with Gasteiger partial charge in [0.2, 0.25) is 0 Å². The molecule has 25 heavy (non-hydrogen) atoms. The van der Waals surface area contributed by atoms with Crippen molar-refractivity contribution in [1.29, 1.82) is 0 Å². The molecule has 0 unspecified atom stereocenters. The molecule has 5 aliphatic rings. The summed E-state index contributed by atoms with van der Waals surface area (Å²) in [5, 5.41) is 8.65. The highest BCUT2D eigenvalue weighted by Crippen LogP contribution is 2.60. The SMILES string of the molecule is C/C(=N/NC(=S)NCCN1CCOCC1)C12CC3CC(CC(C3)C1)C2. The quantitative estimate of drug-likeness (QED) is 0.446. The smallest absolute Gasteiger partial charge is 0.186 e. The molecule has 5 nitrogen and oxygen atoms in total. The number of ether oxygens (including phenoxy) is 1. The Labute approximate surface area is 156 Å². The van der Waals surface area contributed by atoms with Crippen LogP contribution in [0.1, 0.15) is 45.4 Å². The summed E-state index contributed by atoms with van der Waals surface area (Å²) in [6.45, 7) is 7.81. The van der Waals surface area contributed by atoms with Crippen LogP contribution in [0.25, 0.3) is 0 Å². The number of thiocarbonyl (C=S) groups is 1. The second-order valence-electron chi connectivity index (χ2n) is 8.72. The zero-order valence-corrected chi connectivity index (χ0v) is 16.2. The average Bonchev–Trinajstić information content (AvgIpc) is 2.59. The maximum atomic E-state index is 5.41. The number of nitrogens with zero attached hydrogens (tertiary/aromatic N) is 2. The Bertz CT molecular complexity index is 494. The van der Waals surface area contributed by atoms with Crippen molar-refractivity contribution in [3.05, 3.63) is 0 Å². The molecule has 0 atom stereocenters. The zero-order valence-electron chi connectivity index (χ0n) is 15.4. The minimum Gasteiger partial charge on any atom is -0.379 e. The van der Waals surface area contributed by atoms with E-state index >= 15 is 0 Å². The summed E-state index contributed by atoms with van der Waals surface area (Å²) >= 11 is 5.41. The zero-order chi connectivity index (χ0) is 17.3. The highest BCUT2D eigenvalue weighted by atomic mass is 32.1. The Kier molecular flexibility index (Phi) is 5.30. The molecule has 1 saturated heterocycles. The first-order valence-electron chi connectivity index (χ1n) is 10.0. The summed E-state index contributed by atoms with van der Waals surface area (Å²) in [4.78, 5) is 2.41. The van der Waals surface area contributed by atoms with E-state index in [1.165, 1.54) is 44.2 Å². The third kappa shape index (κ3) is 4.01. The largest absolute Gasteiger partial charge is 0.379 e. The number of rotatable bonds is 5. The highest BCUT2D eigenvalue weighted by molar-refractivity contribution is 7.80. The molecule has 0 radical (unpaired) electrons. The van der Waals surface area contributed by atoms with Crippen LogP contribution < -0.4 is 10.7 Å². The molecular weight excluding hydrogens is 332 g/mol. The van der Waals surface area contributed by atoms with Crippen LogP contribution in [0.3, 0.4) is 0 Å². The third-order valence-corrected chi connectivity index (χ3v) is 7.18. The van der Waals surface area contributed by atoms with Gasteiger partial charge in [0.15, 0.2) is 5.11 Å². The van der Waals surface area contributed by atoms with Crippen molar-refractivity contribution in [1.82, 2.24) is 15.6 Å². The molecule has 0 aromatic rings. The van der Waals surface area contributed by atoms with Crippen LogP contribution in [0.15, 0.2) is 5.10 Å². The van der Waals surface area contributed by atoms with Crippen molar-refractivity contribution in [2.75, 3.05) is 39.4 Å². The molecule has 1 heterocycles. The summed E-state index contributed by atoms with van der Waals surface area (Å²) in [7, 11) is 0. The number of nitrogens with one attached hydrogen (secondary N) is 2. The van der Waals surface area contributed by atoms with Gasteiger partial charge < -0.3 is 10.1 Å². The molecule has 6 heteroatoms. The van der Waals surface area contributed by atoms with Crippen molar-refractivity contribution < 1.29 is 4.74 Å². The topological polar surface area (TPSA) is 48.9 Å². The maximum Gasteiger partial charge on any atom is 0.186 e. The standard InChI is InChI=1S/C19H32N4OS/c1-14(19-11-15-8-16(12-19)10-17(9-15)13-19)21-22-18(25)20-2-3-23-4-6-24-7-5-23/h15-17H,2-13H2,1H3,(H2,20,22,25)/b21-14-. The lowest BCUT2D eigenvalue weighted by Gasteiger charge is -2.56. The van der Waals surface area contributed by atoms with Gasteiger partial charge in [-0.3, -0.25) is 10.3 Å². The van der Waals surface area contributed by atoms with Gasteiger partial charge in [-0.2, -0.15) is 5.10 Å². The normalized spacial score (nSPS) is 38.0. The van der Waals surface area contributed by atoms with E-state index in [1.54, 1.807) is 0 Å². The number of hydrazone groups is 1. The second kappa shape index (κ2) is 7.49. The van der Waals surface area contributed by atoms with Crippen molar-refractivity contribution >= 4 is 23.0 Å². The first-order chi connectivity index (χ1) is 12.1. The Hall–Kier alpha value is -0.720. The molecule has 0 aromatic heterocycles. The van der Waals surface area contributed by atoms with Crippen molar-refractivity contribution in [2.45, 2.75) is 45.4 Å². The molecular formula is C19H32N4OS. The van der Waals surface area contributed by atoms with E-state index < -0.39 is 0 Å². The summed E-state index contributed by atoms with van der Waals surface area (Å²) < 4.78 is 5.37. The third-order valence-electron chi connectivity index (χ3n) is 6.95. The van der Waals surface area contributed by atoms with Crippen molar-refractivity contribution in [3.63, 3.8) is 0 Å². The van der Waals surface area contributed by atoms with Gasteiger partial charge in [-0.1, -0.05) is 0 Å². The van der Waals surface area contributed by atoms with E-state index in [0.717, 1.165) is 57.1 Å². The number of hydrogen-bond acceptors (Lipinski definition) is 4. The fourth-order valence-corrected chi connectivity index (χ4v) is 6.15. The summed E-state index contributed by atoms with van der Waals surface area (Å²) in [5.74, 6) is 2.86. The van der Waals surface area contributed by atoms with E-state index in [2.05, 4.69) is 22.6 Å². The molecule has 4 saturated carbocycles. The molecule has 0 spiro atoms. The van der Waals surface area contributed by atoms with Crippen LogP contribution in [0.5, 0.6) is 0 Å². The van der Waals surface area contributed by atoms with Crippen LogP contribution in [-0.4, -0.2) is 55.1 Å². The minimum absolute atomic E-state index is 0.366. The molecule has 0 amide bonds. The van der Waals surface area contributed by atoms with E-state index in [4.69, 9.17) is 22.1 Å². The number of hydrogen-bond donors (Lipinski definition) is 2. The lowest BCUT2D eigenvalue weighted by molar-refractivity contribution is -0.0128. The lowest BCUT2D eigenvalue weighted by atomic mass is 9.48. The number of morpholine rings is 1. The van der Waals surface area contributed by atoms with Crippen LogP contribution in [0, 0.1) is 23.2 Å². The molecule has 2 N–H and O–H groups in total. The molecule has 0 aromatic carbocycles. The fraction of sp³-hybridized carbons (Fsp3) is 0.895. The lowest BCUT2D eigenvalue weighted by Crippen LogP contribution is -2.50. The molecule has 5 rings (SSSR count).